The normalized spacial score (nSPS) is 3.86. The Morgan fingerprint density at radius 2 is 0.179 bits per heavy atom. The van der Waals surface area contributed by atoms with Crippen molar-refractivity contribution in [1.29, 1.82) is 0 Å². The molecule has 0 saturated carbocycles. The van der Waals surface area contributed by atoms with Gasteiger partial charge in [-0.15, -0.1) is 0 Å². The highest BCUT2D eigenvalue weighted by atomic mass is 32.1. The molecule has 192 valence electrons. The van der Waals surface area contributed by atoms with Gasteiger partial charge in [0.2, 0.25) is 0 Å². The van der Waals surface area contributed by atoms with E-state index >= 15 is 0 Å². The minimum atomic E-state index is -2.17. The van der Waals surface area contributed by atoms with E-state index in [0.29, 0.717) is 0 Å². The molecule has 0 atom stereocenters. The van der Waals surface area contributed by atoms with Crippen LogP contribution in [0.2, 0.25) is 0 Å². The molecule has 12 nitrogen and oxygen atoms in total. The van der Waals surface area contributed by atoms with Crippen LogP contribution in [-0.2, 0) is 0 Å². The molecule has 0 radical (unpaired) electrons. The number of hydrogen-bond donors (Lipinski definition) is 12. The van der Waals surface area contributed by atoms with Crippen LogP contribution in [-0.4, -0.2) is 89.6 Å². The molecule has 0 aromatic carbocycles. The molecule has 0 aliphatic rings. The second kappa shape index (κ2) is 109. The maximum Gasteiger partial charge on any atom is 0.631 e. The minimum Gasteiger partial charge on any atom is -0.402 e. The Bertz CT molecular complexity index is 83.6. The van der Waals surface area contributed by atoms with Crippen molar-refractivity contribution in [2.75, 3.05) is 0 Å². The zero-order valence-corrected chi connectivity index (χ0v) is 25.7. The lowest BCUT2D eigenvalue weighted by atomic mass is 10.3. The molecule has 0 unspecified atom stereocenters. The quantitative estimate of drug-likeness (QED) is 0.109. The fourth-order valence-corrected chi connectivity index (χ4v) is 0. The van der Waals surface area contributed by atoms with E-state index in [4.69, 9.17) is 60.3 Å². The van der Waals surface area contributed by atoms with Crippen molar-refractivity contribution in [2.24, 2.45) is 0 Å². The van der Waals surface area contributed by atoms with Crippen LogP contribution < -0.4 is 0 Å². The van der Waals surface area contributed by atoms with E-state index in [1.165, 1.54) is 0 Å². The second-order valence-electron chi connectivity index (χ2n) is 1.39. The van der Waals surface area contributed by atoms with E-state index in [1.54, 1.807) is 0 Å². The third-order valence-corrected chi connectivity index (χ3v) is 0. The summed E-state index contributed by atoms with van der Waals surface area (Å²) in [5.41, 5.74) is 0. The van der Waals surface area contributed by atoms with Crippen molar-refractivity contribution in [3.63, 3.8) is 0 Å². The Kier molecular flexibility index (Phi) is 468. The van der Waals surface area contributed by atoms with Crippen LogP contribution >= 0.6 is 162 Å². The molecule has 0 saturated heterocycles. The Labute approximate surface area is 249 Å². The van der Waals surface area contributed by atoms with E-state index in [1.807, 2.05) is 0 Å². The lowest BCUT2D eigenvalue weighted by Crippen LogP contribution is -2.07. The molecular weight excluding hydrogens is 620 g/mol. The Balaban J connectivity index is -0.00000000429. The third kappa shape index (κ3) is 1590. The average molecular weight is 656 g/mol. The lowest BCUT2D eigenvalue weighted by molar-refractivity contribution is 0.276. The predicted octanol–water partition coefficient (Wildman–Crippen LogP) is -6.85. The summed E-state index contributed by atoms with van der Waals surface area (Å²) in [6, 6.07) is 0. The summed E-state index contributed by atoms with van der Waals surface area (Å²) in [4.78, 5) is 0. The van der Waals surface area contributed by atoms with Gasteiger partial charge in [0.15, 0.2) is 0 Å². The van der Waals surface area contributed by atoms with Gasteiger partial charge in [0.05, 0.1) is 0 Å². The van der Waals surface area contributed by atoms with E-state index < -0.39 is 29.3 Å². The van der Waals surface area contributed by atoms with E-state index in [0.717, 1.165) is 0 Å². The molecule has 0 rings (SSSR count). The SMILES string of the molecule is OB(O)O.OB(O)O.OB(O)O.OB(O)O.S.S.S.S.S.S.S.S.S.S.S.S. The molecular formula is H36B4O12S12. The predicted molar refractivity (Wildman–Crippen MR) is 174 cm³/mol. The van der Waals surface area contributed by atoms with Crippen LogP contribution in [0.1, 0.15) is 0 Å². The molecule has 0 fully saturated rings. The van der Waals surface area contributed by atoms with Crippen molar-refractivity contribution >= 4 is 191 Å². The van der Waals surface area contributed by atoms with Crippen molar-refractivity contribution in [1.82, 2.24) is 0 Å². The third-order valence-electron chi connectivity index (χ3n) is 0. The first-order chi connectivity index (χ1) is 6.93. The lowest BCUT2D eigenvalue weighted by Gasteiger charge is -1.69. The van der Waals surface area contributed by atoms with E-state index in [2.05, 4.69) is 0 Å². The van der Waals surface area contributed by atoms with Gasteiger partial charge >= 0.3 is 29.3 Å². The van der Waals surface area contributed by atoms with Crippen molar-refractivity contribution in [3.8, 4) is 0 Å². The van der Waals surface area contributed by atoms with Crippen LogP contribution in [0.25, 0.3) is 0 Å². The summed E-state index contributed by atoms with van der Waals surface area (Å²) >= 11 is 0. The summed E-state index contributed by atoms with van der Waals surface area (Å²) in [5.74, 6) is 0. The van der Waals surface area contributed by atoms with Crippen LogP contribution in [0.15, 0.2) is 0 Å². The Morgan fingerprint density at radius 1 is 0.179 bits per heavy atom. The van der Waals surface area contributed by atoms with Crippen LogP contribution in [0.3, 0.4) is 0 Å². The number of rotatable bonds is 0. The van der Waals surface area contributed by atoms with Crippen LogP contribution in [0.4, 0.5) is 0 Å². The van der Waals surface area contributed by atoms with Gasteiger partial charge in [-0.3, -0.25) is 0 Å². The van der Waals surface area contributed by atoms with Gasteiger partial charge in [0.25, 0.3) is 0 Å². The molecule has 0 heterocycles. The molecule has 0 spiro atoms. The van der Waals surface area contributed by atoms with Gasteiger partial charge < -0.3 is 60.3 Å². The highest BCUT2D eigenvalue weighted by Crippen LogP contribution is 1.41. The first-order valence-corrected chi connectivity index (χ1v) is 3.10. The second-order valence-corrected chi connectivity index (χ2v) is 1.39. The molecule has 12 N–H and O–H groups in total. The minimum absolute atomic E-state index is 0. The Hall–Kier alpha value is 3.98. The van der Waals surface area contributed by atoms with Gasteiger partial charge in [-0.05, 0) is 0 Å². The van der Waals surface area contributed by atoms with Crippen LogP contribution in [0, 0.1) is 0 Å². The zero-order chi connectivity index (χ0) is 14.3. The van der Waals surface area contributed by atoms with Crippen molar-refractivity contribution in [2.45, 2.75) is 0 Å². The summed E-state index contributed by atoms with van der Waals surface area (Å²) in [7, 11) is -8.67. The van der Waals surface area contributed by atoms with Gasteiger partial charge in [0, 0.05) is 0 Å². The highest BCUT2D eigenvalue weighted by molar-refractivity contribution is 7.60. The largest absolute Gasteiger partial charge is 0.631 e. The summed E-state index contributed by atoms with van der Waals surface area (Å²) < 4.78 is 0. The molecule has 28 heavy (non-hydrogen) atoms. The van der Waals surface area contributed by atoms with Crippen molar-refractivity contribution < 1.29 is 60.3 Å². The fraction of sp³-hybridized carbons (Fsp3) is 0. The van der Waals surface area contributed by atoms with Gasteiger partial charge in [-0.25, -0.2) is 0 Å². The van der Waals surface area contributed by atoms with Crippen molar-refractivity contribution in [3.05, 3.63) is 0 Å². The molecule has 0 aromatic heterocycles. The first kappa shape index (κ1) is 120. The monoisotopic (exact) mass is 656 g/mol. The molecule has 0 aliphatic heterocycles. The van der Waals surface area contributed by atoms with E-state index in [-0.39, 0.29) is 162 Å². The van der Waals surface area contributed by atoms with Gasteiger partial charge in [-0.1, -0.05) is 0 Å². The fourth-order valence-electron chi connectivity index (χ4n) is 0. The molecule has 0 bridgehead atoms. The number of hydrogen-bond acceptors (Lipinski definition) is 12. The Morgan fingerprint density at radius 3 is 0.179 bits per heavy atom. The summed E-state index contributed by atoms with van der Waals surface area (Å²) in [6.45, 7) is 0. The van der Waals surface area contributed by atoms with Gasteiger partial charge in [0.1, 0.15) is 0 Å². The van der Waals surface area contributed by atoms with Gasteiger partial charge in [-0.2, -0.15) is 162 Å². The maximum absolute atomic E-state index is 7.17. The summed E-state index contributed by atoms with van der Waals surface area (Å²) in [5, 5.41) is 86.0. The highest BCUT2D eigenvalue weighted by Gasteiger charge is 1.93. The first-order valence-electron chi connectivity index (χ1n) is 3.10. The standard InChI is InChI=1S/4BH3O3.12H2S/c4*2-1(3)4;;;;;;;;;;;;/h4*2-4H;12*1H2. The average Bonchev–Trinajstić information content (AvgIpc) is 1.76. The molecule has 28 heteroatoms. The molecule has 0 aliphatic carbocycles. The molecule has 0 amide bonds. The molecule has 0 aromatic rings. The smallest absolute Gasteiger partial charge is 0.402 e. The maximum atomic E-state index is 7.17. The zero-order valence-electron chi connectivity index (χ0n) is 13.7. The summed E-state index contributed by atoms with van der Waals surface area (Å²) in [6.07, 6.45) is 0. The topological polar surface area (TPSA) is 243 Å². The van der Waals surface area contributed by atoms with E-state index in [9.17, 15) is 0 Å². The van der Waals surface area contributed by atoms with Crippen LogP contribution in [0.5, 0.6) is 0 Å².